The molecular weight excluding hydrogens is 278 g/mol. The van der Waals surface area contributed by atoms with Gasteiger partial charge in [0, 0.05) is 28.2 Å². The van der Waals surface area contributed by atoms with E-state index in [1.54, 1.807) is 6.20 Å². The summed E-state index contributed by atoms with van der Waals surface area (Å²) in [7, 11) is 0. The second-order valence-electron chi connectivity index (χ2n) is 4.77. The summed E-state index contributed by atoms with van der Waals surface area (Å²) in [6.07, 6.45) is 2.91. The normalized spacial score (nSPS) is 20.0. The minimum atomic E-state index is 0.252. The highest BCUT2D eigenvalue weighted by atomic mass is 35.5. The minimum absolute atomic E-state index is 0.252. The molecule has 2 atom stereocenters. The summed E-state index contributed by atoms with van der Waals surface area (Å²) in [5, 5.41) is 11.5. The van der Waals surface area contributed by atoms with Gasteiger partial charge < -0.3 is 5.32 Å². The fraction of sp³-hybridized carbons (Fsp3) is 0.357. The Hall–Kier alpha value is -0.970. The van der Waals surface area contributed by atoms with E-state index in [1.165, 1.54) is 10.5 Å². The van der Waals surface area contributed by atoms with Crippen LogP contribution in [0.1, 0.15) is 36.7 Å². The standard InChI is InChI=1S/C14H16ClN3S/c1-9(12-4-6-16-18-12)17-13-5-7-19-14-3-2-10(15)8-11(13)14/h2-4,6,8-9,13,17H,5,7H2,1H3,(H,16,18). The molecule has 3 nitrogen and oxygen atoms in total. The van der Waals surface area contributed by atoms with E-state index in [9.17, 15) is 0 Å². The highest BCUT2D eigenvalue weighted by Crippen LogP contribution is 2.38. The number of thioether (sulfide) groups is 1. The van der Waals surface area contributed by atoms with Gasteiger partial charge in [0.2, 0.25) is 0 Å². The smallest absolute Gasteiger partial charge is 0.0518 e. The number of H-pyrrole nitrogens is 1. The molecule has 0 saturated heterocycles. The van der Waals surface area contributed by atoms with Gasteiger partial charge in [-0.1, -0.05) is 11.6 Å². The average Bonchev–Trinajstić information content (AvgIpc) is 2.93. The van der Waals surface area contributed by atoms with Crippen molar-refractivity contribution in [3.05, 3.63) is 46.7 Å². The molecule has 1 aromatic carbocycles. The summed E-state index contributed by atoms with van der Waals surface area (Å²) < 4.78 is 0. The Labute approximate surface area is 122 Å². The number of aromatic amines is 1. The second-order valence-corrected chi connectivity index (χ2v) is 6.35. The van der Waals surface area contributed by atoms with E-state index >= 15 is 0 Å². The third-order valence-electron chi connectivity index (χ3n) is 3.45. The van der Waals surface area contributed by atoms with Gasteiger partial charge in [-0.25, -0.2) is 0 Å². The zero-order chi connectivity index (χ0) is 13.2. The molecule has 0 aliphatic carbocycles. The first-order valence-corrected chi connectivity index (χ1v) is 7.78. The number of rotatable bonds is 3. The first-order chi connectivity index (χ1) is 9.24. The van der Waals surface area contributed by atoms with E-state index < -0.39 is 0 Å². The predicted molar refractivity (Wildman–Crippen MR) is 79.7 cm³/mol. The third-order valence-corrected chi connectivity index (χ3v) is 4.81. The van der Waals surface area contributed by atoms with Crippen molar-refractivity contribution < 1.29 is 0 Å². The lowest BCUT2D eigenvalue weighted by molar-refractivity contribution is 0.443. The van der Waals surface area contributed by atoms with Gasteiger partial charge in [-0.15, -0.1) is 11.8 Å². The first kappa shape index (κ1) is 13.0. The van der Waals surface area contributed by atoms with Gasteiger partial charge in [0.15, 0.2) is 0 Å². The van der Waals surface area contributed by atoms with Crippen LogP contribution in [0.5, 0.6) is 0 Å². The highest BCUT2D eigenvalue weighted by molar-refractivity contribution is 7.99. The van der Waals surface area contributed by atoms with Crippen molar-refractivity contribution in [3.63, 3.8) is 0 Å². The first-order valence-electron chi connectivity index (χ1n) is 6.41. The van der Waals surface area contributed by atoms with Crippen molar-refractivity contribution in [2.24, 2.45) is 0 Å². The maximum absolute atomic E-state index is 6.12. The van der Waals surface area contributed by atoms with E-state index in [0.29, 0.717) is 6.04 Å². The molecule has 2 N–H and O–H groups in total. The molecule has 0 bridgehead atoms. The summed E-state index contributed by atoms with van der Waals surface area (Å²) in [6, 6.07) is 8.79. The molecule has 0 spiro atoms. The molecule has 100 valence electrons. The van der Waals surface area contributed by atoms with Crippen LogP contribution in [0, 0.1) is 0 Å². The van der Waals surface area contributed by atoms with Crippen LogP contribution in [0.2, 0.25) is 5.02 Å². The van der Waals surface area contributed by atoms with Gasteiger partial charge in [0.1, 0.15) is 0 Å². The Morgan fingerprint density at radius 1 is 1.47 bits per heavy atom. The molecule has 2 heterocycles. The van der Waals surface area contributed by atoms with Crippen LogP contribution in [0.3, 0.4) is 0 Å². The van der Waals surface area contributed by atoms with Gasteiger partial charge in [-0.05, 0) is 48.9 Å². The van der Waals surface area contributed by atoms with E-state index in [1.807, 2.05) is 23.9 Å². The molecule has 0 saturated carbocycles. The van der Waals surface area contributed by atoms with E-state index in [4.69, 9.17) is 11.6 Å². The van der Waals surface area contributed by atoms with Crippen LogP contribution in [0.25, 0.3) is 0 Å². The monoisotopic (exact) mass is 293 g/mol. The van der Waals surface area contributed by atoms with Crippen LogP contribution in [-0.2, 0) is 0 Å². The SMILES string of the molecule is CC(NC1CCSc2ccc(Cl)cc21)c1ccn[nH]1. The Morgan fingerprint density at radius 2 is 2.37 bits per heavy atom. The van der Waals surface area contributed by atoms with Gasteiger partial charge >= 0.3 is 0 Å². The second kappa shape index (κ2) is 5.57. The van der Waals surface area contributed by atoms with E-state index in [0.717, 1.165) is 22.9 Å². The summed E-state index contributed by atoms with van der Waals surface area (Å²) in [6.45, 7) is 2.15. The number of hydrogen-bond donors (Lipinski definition) is 2. The zero-order valence-electron chi connectivity index (χ0n) is 10.7. The number of aromatic nitrogens is 2. The predicted octanol–water partition coefficient (Wildman–Crippen LogP) is 3.95. The molecule has 0 radical (unpaired) electrons. The van der Waals surface area contributed by atoms with Gasteiger partial charge in [-0.2, -0.15) is 5.10 Å². The number of nitrogens with zero attached hydrogens (tertiary/aromatic N) is 1. The number of fused-ring (bicyclic) bond motifs is 1. The molecule has 2 aromatic rings. The maximum atomic E-state index is 6.12. The van der Waals surface area contributed by atoms with E-state index in [-0.39, 0.29) is 6.04 Å². The lowest BCUT2D eigenvalue weighted by Crippen LogP contribution is -2.27. The van der Waals surface area contributed by atoms with Crippen LogP contribution in [-0.4, -0.2) is 16.0 Å². The van der Waals surface area contributed by atoms with Crippen LogP contribution < -0.4 is 5.32 Å². The number of benzene rings is 1. The number of hydrogen-bond acceptors (Lipinski definition) is 3. The fourth-order valence-corrected chi connectivity index (χ4v) is 3.72. The molecule has 3 rings (SSSR count). The third kappa shape index (κ3) is 2.81. The topological polar surface area (TPSA) is 40.7 Å². The summed E-state index contributed by atoms with van der Waals surface area (Å²) in [4.78, 5) is 1.34. The summed E-state index contributed by atoms with van der Waals surface area (Å²) >= 11 is 8.03. The zero-order valence-corrected chi connectivity index (χ0v) is 12.3. The summed E-state index contributed by atoms with van der Waals surface area (Å²) in [5.41, 5.74) is 2.43. The van der Waals surface area contributed by atoms with Crippen molar-refractivity contribution in [1.29, 1.82) is 0 Å². The van der Waals surface area contributed by atoms with Crippen LogP contribution in [0.15, 0.2) is 35.4 Å². The number of nitrogens with one attached hydrogen (secondary N) is 2. The Morgan fingerprint density at radius 3 is 3.16 bits per heavy atom. The molecule has 1 aliphatic heterocycles. The lowest BCUT2D eigenvalue weighted by Gasteiger charge is -2.28. The Balaban J connectivity index is 1.81. The quantitative estimate of drug-likeness (QED) is 0.900. The van der Waals surface area contributed by atoms with Crippen molar-refractivity contribution >= 4 is 23.4 Å². The van der Waals surface area contributed by atoms with Crippen molar-refractivity contribution in [2.45, 2.75) is 30.3 Å². The molecule has 19 heavy (non-hydrogen) atoms. The highest BCUT2D eigenvalue weighted by Gasteiger charge is 2.23. The van der Waals surface area contributed by atoms with Crippen LogP contribution >= 0.6 is 23.4 Å². The fourth-order valence-electron chi connectivity index (χ4n) is 2.44. The van der Waals surface area contributed by atoms with Gasteiger partial charge in [0.25, 0.3) is 0 Å². The average molecular weight is 294 g/mol. The molecular formula is C14H16ClN3S. The van der Waals surface area contributed by atoms with Crippen LogP contribution in [0.4, 0.5) is 0 Å². The van der Waals surface area contributed by atoms with E-state index in [2.05, 4.69) is 34.6 Å². The van der Waals surface area contributed by atoms with Gasteiger partial charge in [0.05, 0.1) is 5.69 Å². The molecule has 5 heteroatoms. The van der Waals surface area contributed by atoms with Gasteiger partial charge in [-0.3, -0.25) is 5.10 Å². The maximum Gasteiger partial charge on any atom is 0.0518 e. The molecule has 0 amide bonds. The van der Waals surface area contributed by atoms with Crippen molar-refractivity contribution in [2.75, 3.05) is 5.75 Å². The lowest BCUT2D eigenvalue weighted by atomic mass is 10.0. The van der Waals surface area contributed by atoms with Crippen molar-refractivity contribution in [3.8, 4) is 0 Å². The Bertz CT molecular complexity index is 556. The summed E-state index contributed by atoms with van der Waals surface area (Å²) in [5.74, 6) is 1.14. The molecule has 2 unspecified atom stereocenters. The Kier molecular flexibility index (Phi) is 3.82. The molecule has 1 aliphatic rings. The number of halogens is 1. The van der Waals surface area contributed by atoms with Crippen molar-refractivity contribution in [1.82, 2.24) is 15.5 Å². The largest absolute Gasteiger partial charge is 0.302 e. The molecule has 1 aromatic heterocycles. The molecule has 0 fully saturated rings. The minimum Gasteiger partial charge on any atom is -0.302 e.